The molecule has 0 aliphatic carbocycles. The molecule has 300 valence electrons. The smallest absolute Gasteiger partial charge is 0.341 e. The molecule has 17 heteroatoms. The molecule has 0 radical (unpaired) electrons. The third-order valence-electron chi connectivity index (χ3n) is 8.20. The highest BCUT2D eigenvalue weighted by atomic mass is 19.1. The zero-order valence-corrected chi connectivity index (χ0v) is 29.2. The van der Waals surface area contributed by atoms with E-state index < -0.39 is 24.0 Å². The average molecular weight is 779 g/mol. The molecule has 56 heavy (non-hydrogen) atoms. The van der Waals surface area contributed by atoms with Gasteiger partial charge in [-0.25, -0.2) is 22.6 Å². The van der Waals surface area contributed by atoms with Crippen LogP contribution in [0.3, 0.4) is 0 Å². The van der Waals surface area contributed by atoms with E-state index in [0.29, 0.717) is 59.4 Å². The zero-order valence-electron chi connectivity index (χ0n) is 29.2. The normalized spacial score (nSPS) is 14.1. The number of carboxylic acids is 1. The molecule has 5 heterocycles. The van der Waals surface area contributed by atoms with E-state index in [0.717, 1.165) is 0 Å². The average Bonchev–Trinajstić information content (AvgIpc) is 3.76. The predicted octanol–water partition coefficient (Wildman–Crippen LogP) is 6.69. The molecule has 0 saturated carbocycles. The number of ether oxygens (including phenoxy) is 4. The number of carboxylic acid groups (broad SMARTS) is 1. The van der Waals surface area contributed by atoms with Crippen LogP contribution in [0.5, 0.6) is 23.3 Å². The molecule has 2 atom stereocenters. The number of aromatic nitrogens is 6. The molecule has 0 fully saturated rings. The Kier molecular flexibility index (Phi) is 15.2. The Morgan fingerprint density at radius 2 is 1.70 bits per heavy atom. The van der Waals surface area contributed by atoms with Gasteiger partial charge in [0.25, 0.3) is 5.91 Å². The van der Waals surface area contributed by atoms with Crippen molar-refractivity contribution in [3.8, 4) is 23.3 Å². The van der Waals surface area contributed by atoms with Gasteiger partial charge >= 0.3 is 5.97 Å². The molecule has 2 N–H and O–H groups in total. The van der Waals surface area contributed by atoms with Crippen molar-refractivity contribution in [1.29, 1.82) is 0 Å². The molecule has 15 nitrogen and oxygen atoms in total. The summed E-state index contributed by atoms with van der Waals surface area (Å²) in [5.41, 5.74) is 2.03. The number of halogens is 2. The number of amides is 1. The van der Waals surface area contributed by atoms with Crippen molar-refractivity contribution in [3.63, 3.8) is 0 Å². The molecular weight excluding hydrogens is 730 g/mol. The third-order valence-corrected chi connectivity index (χ3v) is 8.20. The first-order valence-electron chi connectivity index (χ1n) is 16.5. The van der Waals surface area contributed by atoms with Gasteiger partial charge in [0.1, 0.15) is 59.7 Å². The molecule has 1 amide bonds. The van der Waals surface area contributed by atoms with Crippen LogP contribution in [0, 0.1) is 11.6 Å². The highest BCUT2D eigenvalue weighted by Crippen LogP contribution is 2.31. The van der Waals surface area contributed by atoms with Crippen molar-refractivity contribution in [3.05, 3.63) is 107 Å². The second kappa shape index (κ2) is 19.3. The molecule has 0 saturated heterocycles. The maximum Gasteiger partial charge on any atom is 0.341 e. The third kappa shape index (κ3) is 9.84. The molecular formula is C39H48F2N8O7. The highest BCUT2D eigenvalue weighted by molar-refractivity contribution is 5.99. The number of aromatic carboxylic acids is 1. The van der Waals surface area contributed by atoms with Gasteiger partial charge < -0.3 is 34.3 Å². The Hall–Kier alpha value is -6.36. The minimum Gasteiger partial charge on any atom is -0.492 e. The molecule has 2 bridgehead atoms. The summed E-state index contributed by atoms with van der Waals surface area (Å²) in [7, 11) is 3.49. The number of benzene rings is 2. The molecule has 2 aromatic carbocycles. The summed E-state index contributed by atoms with van der Waals surface area (Å²) in [6.07, 6.45) is 4.86. The van der Waals surface area contributed by atoms with Crippen molar-refractivity contribution in [2.24, 2.45) is 0 Å². The van der Waals surface area contributed by atoms with Crippen LogP contribution in [0.25, 0.3) is 11.3 Å². The molecule has 0 spiro atoms. The molecule has 7 rings (SSSR count). The SMILES string of the molecule is C.C.C.CNCCOc1ccc(F)cc1C(C)Oc1ccn2ncc(C(=O)O)c2n1.C[C@H]1Oc2ccn3ncc(c3n2)C(=O)N(C)CCOc2ccc(F)cc21. The lowest BCUT2D eigenvalue weighted by atomic mass is 10.1. The summed E-state index contributed by atoms with van der Waals surface area (Å²) in [6.45, 7) is 5.22. The van der Waals surface area contributed by atoms with Crippen LogP contribution in [0.1, 0.15) is 80.2 Å². The standard InChI is InChI=1S/C18H19FN4O4.C18H17FN4O3.3CH4/c1-11(13-9-12(19)3-4-15(13)26-8-6-20-2)27-16-5-7-23-17(22-16)14(10-21-23)18(24)25;1-11-13-9-12(19)3-4-15(13)25-8-7-22(2)18(24)14-10-20-23-6-5-16(26-11)21-17(14)23;;;/h3-5,7,9-11,20H,6,8H2,1-2H3,(H,24,25);3-6,9-11H,7-8H2,1-2H3;3*1H4/t;11-;;;/m.1.../s1. The molecule has 4 aromatic heterocycles. The van der Waals surface area contributed by atoms with Gasteiger partial charge in [-0.2, -0.15) is 20.2 Å². The maximum atomic E-state index is 13.7. The fraction of sp³-hybridized carbons (Fsp3) is 0.333. The number of rotatable bonds is 8. The van der Waals surface area contributed by atoms with Gasteiger partial charge in [-0.3, -0.25) is 4.79 Å². The first-order chi connectivity index (χ1) is 25.5. The van der Waals surface area contributed by atoms with E-state index in [2.05, 4.69) is 25.5 Å². The van der Waals surface area contributed by atoms with Crippen molar-refractivity contribution in [2.45, 2.75) is 48.3 Å². The van der Waals surface area contributed by atoms with E-state index in [-0.39, 0.29) is 57.7 Å². The van der Waals surface area contributed by atoms with Crippen LogP contribution in [-0.2, 0) is 0 Å². The van der Waals surface area contributed by atoms with Crippen LogP contribution >= 0.6 is 0 Å². The van der Waals surface area contributed by atoms with Crippen LogP contribution in [-0.4, -0.2) is 91.5 Å². The Morgan fingerprint density at radius 1 is 1.00 bits per heavy atom. The number of likely N-dealkylation sites (N-methyl/N-ethyl adjacent to an activating group) is 2. The van der Waals surface area contributed by atoms with Crippen molar-refractivity contribution in [2.75, 3.05) is 40.4 Å². The molecule has 6 aromatic rings. The van der Waals surface area contributed by atoms with Gasteiger partial charge in [-0.05, 0) is 57.3 Å². The Bertz CT molecular complexity index is 2260. The maximum absolute atomic E-state index is 13.7. The Labute approximate surface area is 323 Å². The molecule has 1 aliphatic heterocycles. The van der Waals surface area contributed by atoms with E-state index in [1.165, 1.54) is 50.6 Å². The quantitative estimate of drug-likeness (QED) is 0.158. The number of hydrogen-bond acceptors (Lipinski definition) is 11. The van der Waals surface area contributed by atoms with Gasteiger partial charge in [-0.1, -0.05) is 22.3 Å². The monoisotopic (exact) mass is 778 g/mol. The second-order valence-electron chi connectivity index (χ2n) is 11.9. The number of carbonyl (C=O) groups excluding carboxylic acids is 1. The zero-order chi connectivity index (χ0) is 37.6. The van der Waals surface area contributed by atoms with E-state index >= 15 is 0 Å². The predicted molar refractivity (Wildman–Crippen MR) is 206 cm³/mol. The summed E-state index contributed by atoms with van der Waals surface area (Å²) in [6, 6.07) is 11.7. The molecule has 1 aliphatic rings. The fourth-order valence-electron chi connectivity index (χ4n) is 5.43. The lowest BCUT2D eigenvalue weighted by Gasteiger charge is -2.19. The lowest BCUT2D eigenvalue weighted by Crippen LogP contribution is -2.31. The van der Waals surface area contributed by atoms with E-state index in [1.54, 1.807) is 57.6 Å². The summed E-state index contributed by atoms with van der Waals surface area (Å²) in [5, 5.41) is 20.2. The van der Waals surface area contributed by atoms with Crippen molar-refractivity contribution >= 4 is 23.2 Å². The molecule has 1 unspecified atom stereocenters. The first kappa shape index (κ1) is 44.0. The fourth-order valence-corrected chi connectivity index (χ4v) is 5.43. The first-order valence-corrected chi connectivity index (χ1v) is 16.5. The minimum atomic E-state index is -1.13. The van der Waals surface area contributed by atoms with E-state index in [1.807, 2.05) is 7.05 Å². The van der Waals surface area contributed by atoms with Crippen LogP contribution in [0.15, 0.2) is 73.3 Å². The van der Waals surface area contributed by atoms with E-state index in [9.17, 15) is 23.5 Å². The van der Waals surface area contributed by atoms with Gasteiger partial charge in [0.2, 0.25) is 11.8 Å². The summed E-state index contributed by atoms with van der Waals surface area (Å²) in [4.78, 5) is 34.1. The van der Waals surface area contributed by atoms with Crippen molar-refractivity contribution < 1.29 is 42.4 Å². The van der Waals surface area contributed by atoms with Gasteiger partial charge in [0.05, 0.1) is 18.9 Å². The van der Waals surface area contributed by atoms with Crippen LogP contribution in [0.4, 0.5) is 8.78 Å². The summed E-state index contributed by atoms with van der Waals surface area (Å²) >= 11 is 0. The van der Waals surface area contributed by atoms with Crippen molar-refractivity contribution in [1.82, 2.24) is 39.4 Å². The van der Waals surface area contributed by atoms with Crippen LogP contribution < -0.4 is 24.3 Å². The second-order valence-corrected chi connectivity index (χ2v) is 11.9. The minimum absolute atomic E-state index is 0. The number of hydrogen-bond donors (Lipinski definition) is 2. The van der Waals surface area contributed by atoms with Gasteiger partial charge in [0, 0.05) is 49.2 Å². The summed E-state index contributed by atoms with van der Waals surface area (Å²) in [5.74, 6) is -0.582. The Morgan fingerprint density at radius 3 is 2.45 bits per heavy atom. The van der Waals surface area contributed by atoms with Gasteiger partial charge in [0.15, 0.2) is 11.3 Å². The highest BCUT2D eigenvalue weighted by Gasteiger charge is 2.22. The lowest BCUT2D eigenvalue weighted by molar-refractivity contribution is 0.0697. The van der Waals surface area contributed by atoms with E-state index in [4.69, 9.17) is 18.9 Å². The number of fused-ring (bicyclic) bond motifs is 3. The number of nitrogens with one attached hydrogen (secondary N) is 1. The van der Waals surface area contributed by atoms with Crippen LogP contribution in [0.2, 0.25) is 0 Å². The summed E-state index contributed by atoms with van der Waals surface area (Å²) < 4.78 is 53.5. The van der Waals surface area contributed by atoms with Gasteiger partial charge in [-0.15, -0.1) is 0 Å². The largest absolute Gasteiger partial charge is 0.492 e. The topological polar surface area (TPSA) is 167 Å². The number of nitrogens with zero attached hydrogens (tertiary/aromatic N) is 7. The number of carbonyl (C=O) groups is 2. The Balaban J connectivity index is 0.000000285.